The molecule has 2 aromatic rings. The fourth-order valence-electron chi connectivity index (χ4n) is 3.82. The van der Waals surface area contributed by atoms with Crippen LogP contribution in [0.15, 0.2) is 35.2 Å². The number of nitrogens with two attached hydrogens (primary N) is 1. The molecule has 2 atom stereocenters. The van der Waals surface area contributed by atoms with Crippen LogP contribution in [0.1, 0.15) is 56.7 Å². The Hall–Kier alpha value is -2.61. The van der Waals surface area contributed by atoms with Crippen LogP contribution >= 0.6 is 0 Å². The number of ether oxygens (including phenoxy) is 1. The average Bonchev–Trinajstić information content (AvgIpc) is 3.20. The van der Waals surface area contributed by atoms with Gasteiger partial charge in [0.05, 0.1) is 20.9 Å². The quantitative estimate of drug-likeness (QED) is 0.587. The third-order valence-corrected chi connectivity index (χ3v) is 8.71. The van der Waals surface area contributed by atoms with E-state index < -0.39 is 60.6 Å². The number of sulfone groups is 1. The molecule has 1 aromatic carbocycles. The summed E-state index contributed by atoms with van der Waals surface area (Å²) in [5.41, 5.74) is 0.671. The van der Waals surface area contributed by atoms with E-state index in [9.17, 15) is 39.6 Å². The van der Waals surface area contributed by atoms with Crippen molar-refractivity contribution in [1.82, 2.24) is 9.78 Å². The van der Waals surface area contributed by atoms with E-state index in [1.54, 1.807) is 0 Å². The van der Waals surface area contributed by atoms with Crippen molar-refractivity contribution in [3.8, 4) is 0 Å². The normalized spacial score (nSPS) is 22.3. The third-order valence-electron chi connectivity index (χ3n) is 6.17. The second-order valence-corrected chi connectivity index (χ2v) is 11.5. The van der Waals surface area contributed by atoms with Gasteiger partial charge in [-0.1, -0.05) is 6.07 Å². The summed E-state index contributed by atoms with van der Waals surface area (Å²) in [5, 5.41) is 3.89. The number of carbonyl (C=O) groups is 1. The van der Waals surface area contributed by atoms with Crippen LogP contribution in [0, 0.1) is 0 Å². The number of halogens is 6. The molecule has 1 saturated heterocycles. The lowest BCUT2D eigenvalue weighted by Gasteiger charge is -2.37. The molecule has 14 heteroatoms. The number of alkyl halides is 6. The van der Waals surface area contributed by atoms with Gasteiger partial charge in [0.2, 0.25) is 5.91 Å². The highest BCUT2D eigenvalue weighted by Gasteiger charge is 2.48. The molecule has 2 heterocycles. The van der Waals surface area contributed by atoms with Crippen LogP contribution in [0.25, 0.3) is 0 Å². The highest BCUT2D eigenvalue weighted by Crippen LogP contribution is 2.44. The second kappa shape index (κ2) is 8.50. The SMILES string of the molecule is CC(C)(C(N)=O)n1nc(C2CC(C)(S(=O)(=O)c3cccc(C(F)(F)F)c3)CCO2)cc1C(F)(F)F. The highest BCUT2D eigenvalue weighted by atomic mass is 32.2. The summed E-state index contributed by atoms with van der Waals surface area (Å²) in [6.07, 6.45) is -11.4. The fraction of sp³-hybridized carbons (Fsp3) is 0.524. The number of carbonyl (C=O) groups excluding carboxylic acids is 1. The van der Waals surface area contributed by atoms with Crippen LogP contribution in [0.2, 0.25) is 0 Å². The van der Waals surface area contributed by atoms with Crippen LogP contribution < -0.4 is 5.73 Å². The van der Waals surface area contributed by atoms with E-state index in [0.29, 0.717) is 16.8 Å². The van der Waals surface area contributed by atoms with Gasteiger partial charge in [-0.3, -0.25) is 4.79 Å². The molecule has 2 unspecified atom stereocenters. The zero-order valence-corrected chi connectivity index (χ0v) is 19.7. The van der Waals surface area contributed by atoms with Crippen LogP contribution in [0.3, 0.4) is 0 Å². The van der Waals surface area contributed by atoms with Gasteiger partial charge < -0.3 is 10.5 Å². The number of amides is 1. The summed E-state index contributed by atoms with van der Waals surface area (Å²) < 4.78 is 111. The van der Waals surface area contributed by atoms with Crippen molar-refractivity contribution < 1.29 is 44.3 Å². The average molecular weight is 527 g/mol. The largest absolute Gasteiger partial charge is 0.433 e. The Labute approximate surface area is 197 Å². The lowest BCUT2D eigenvalue weighted by atomic mass is 9.95. The first-order valence-electron chi connectivity index (χ1n) is 10.3. The first-order chi connectivity index (χ1) is 15.8. The monoisotopic (exact) mass is 527 g/mol. The summed E-state index contributed by atoms with van der Waals surface area (Å²) in [7, 11) is -4.37. The maximum Gasteiger partial charge on any atom is 0.433 e. The Balaban J connectivity index is 2.03. The molecule has 3 rings (SSSR count). The van der Waals surface area contributed by atoms with E-state index in [1.165, 1.54) is 6.92 Å². The van der Waals surface area contributed by atoms with Gasteiger partial charge in [-0.2, -0.15) is 31.4 Å². The van der Waals surface area contributed by atoms with E-state index in [-0.39, 0.29) is 25.1 Å². The number of aromatic nitrogens is 2. The molecular weight excluding hydrogens is 504 g/mol. The van der Waals surface area contributed by atoms with Crippen LogP contribution in [0.5, 0.6) is 0 Å². The van der Waals surface area contributed by atoms with E-state index in [2.05, 4.69) is 5.10 Å². The molecule has 1 aliphatic heterocycles. The molecule has 0 aliphatic carbocycles. The number of benzene rings is 1. The summed E-state index contributed by atoms with van der Waals surface area (Å²) in [6, 6.07) is 3.92. The van der Waals surface area contributed by atoms with E-state index in [0.717, 1.165) is 32.0 Å². The summed E-state index contributed by atoms with van der Waals surface area (Å²) in [6.45, 7) is 3.39. The van der Waals surface area contributed by atoms with Crippen LogP contribution in [0.4, 0.5) is 26.3 Å². The van der Waals surface area contributed by atoms with E-state index in [4.69, 9.17) is 10.5 Å². The molecule has 0 bridgehead atoms. The Kier molecular flexibility index (Phi) is 6.56. The standard InChI is InChI=1S/C21H23F6N3O4S/c1-18(2,17(28)31)30-16(21(25,26)27)10-14(29-30)15-11-19(3,7-8-34-15)35(32,33)13-6-4-5-12(9-13)20(22,23)24/h4-6,9-10,15H,7-8,11H2,1-3H3,(H2,28,31). The van der Waals surface area contributed by atoms with Crippen molar-refractivity contribution in [1.29, 1.82) is 0 Å². The van der Waals surface area contributed by atoms with Gasteiger partial charge in [0.1, 0.15) is 17.3 Å². The Morgan fingerprint density at radius 2 is 1.77 bits per heavy atom. The maximum absolute atomic E-state index is 13.7. The topological polar surface area (TPSA) is 104 Å². The van der Waals surface area contributed by atoms with Gasteiger partial charge >= 0.3 is 12.4 Å². The summed E-state index contributed by atoms with van der Waals surface area (Å²) >= 11 is 0. The predicted octanol–water partition coefficient (Wildman–Crippen LogP) is 4.23. The zero-order valence-electron chi connectivity index (χ0n) is 18.9. The number of nitrogens with zero attached hydrogens (tertiary/aromatic N) is 2. The first-order valence-corrected chi connectivity index (χ1v) is 11.8. The van der Waals surface area contributed by atoms with Crippen LogP contribution in [-0.2, 0) is 37.3 Å². The molecule has 1 aromatic heterocycles. The summed E-state index contributed by atoms with van der Waals surface area (Å²) in [4.78, 5) is 11.2. The van der Waals surface area contributed by atoms with Crippen molar-refractivity contribution in [3.05, 3.63) is 47.3 Å². The van der Waals surface area contributed by atoms with Gasteiger partial charge in [0.15, 0.2) is 9.84 Å². The lowest BCUT2D eigenvalue weighted by Crippen LogP contribution is -2.44. The Morgan fingerprint density at radius 1 is 1.14 bits per heavy atom. The van der Waals surface area contributed by atoms with Gasteiger partial charge in [-0.05, 0) is 57.9 Å². The molecule has 0 saturated carbocycles. The second-order valence-electron chi connectivity index (χ2n) is 9.08. The number of hydrogen-bond acceptors (Lipinski definition) is 5. The number of hydrogen-bond donors (Lipinski definition) is 1. The molecule has 1 fully saturated rings. The smallest absolute Gasteiger partial charge is 0.372 e. The first kappa shape index (κ1) is 27.0. The Morgan fingerprint density at radius 3 is 2.31 bits per heavy atom. The zero-order chi connectivity index (χ0) is 26.6. The molecule has 1 amide bonds. The molecule has 35 heavy (non-hydrogen) atoms. The molecule has 2 N–H and O–H groups in total. The van der Waals surface area contributed by atoms with Crippen molar-refractivity contribution in [2.75, 3.05) is 6.61 Å². The van der Waals surface area contributed by atoms with Crippen LogP contribution in [-0.4, -0.2) is 35.5 Å². The molecular formula is C21H23F6N3O4S. The molecule has 7 nitrogen and oxygen atoms in total. The predicted molar refractivity (Wildman–Crippen MR) is 111 cm³/mol. The van der Waals surface area contributed by atoms with Gasteiger partial charge in [0, 0.05) is 6.61 Å². The molecule has 194 valence electrons. The third kappa shape index (κ3) is 4.90. The van der Waals surface area contributed by atoms with Gasteiger partial charge in [-0.25, -0.2) is 13.1 Å². The molecule has 1 aliphatic rings. The van der Waals surface area contributed by atoms with Crippen molar-refractivity contribution in [2.45, 2.75) is 67.3 Å². The minimum Gasteiger partial charge on any atom is -0.372 e. The molecule has 0 radical (unpaired) electrons. The maximum atomic E-state index is 13.7. The van der Waals surface area contributed by atoms with Gasteiger partial charge in [0.25, 0.3) is 0 Å². The minimum absolute atomic E-state index is 0.109. The minimum atomic E-state index is -4.92. The van der Waals surface area contributed by atoms with Crippen molar-refractivity contribution in [2.24, 2.45) is 5.73 Å². The van der Waals surface area contributed by atoms with E-state index >= 15 is 0 Å². The lowest BCUT2D eigenvalue weighted by molar-refractivity contribution is -0.148. The number of primary amides is 1. The van der Waals surface area contributed by atoms with Crippen molar-refractivity contribution >= 4 is 15.7 Å². The van der Waals surface area contributed by atoms with Crippen molar-refractivity contribution in [3.63, 3.8) is 0 Å². The molecule has 0 spiro atoms. The Bertz CT molecular complexity index is 1240. The number of rotatable bonds is 5. The van der Waals surface area contributed by atoms with E-state index in [1.807, 2.05) is 0 Å². The van der Waals surface area contributed by atoms with Gasteiger partial charge in [-0.15, -0.1) is 0 Å². The fourth-order valence-corrected chi connectivity index (χ4v) is 5.65. The highest BCUT2D eigenvalue weighted by molar-refractivity contribution is 7.92. The summed E-state index contributed by atoms with van der Waals surface area (Å²) in [5.74, 6) is -1.08.